The highest BCUT2D eigenvalue weighted by atomic mass is 16.2. The normalized spacial score (nSPS) is 14.4. The van der Waals surface area contributed by atoms with Crippen LogP contribution in [0, 0.1) is 0 Å². The maximum atomic E-state index is 10.6. The Kier molecular flexibility index (Phi) is 0.631. The lowest BCUT2D eigenvalue weighted by Gasteiger charge is -1.84. The quantitative estimate of drug-likeness (QED) is 0.513. The van der Waals surface area contributed by atoms with Crippen LogP contribution in [0.25, 0.3) is 0 Å². The number of carbonyl (C=O) groups is 1. The first-order valence-electron chi connectivity index (χ1n) is 2.51. The Balaban J connectivity index is 2.73. The lowest BCUT2D eigenvalue weighted by molar-refractivity contribution is 0.251. The van der Waals surface area contributed by atoms with Gasteiger partial charge < -0.3 is 0 Å². The van der Waals surface area contributed by atoms with E-state index >= 15 is 0 Å². The van der Waals surface area contributed by atoms with E-state index in [4.69, 9.17) is 0 Å². The maximum Gasteiger partial charge on any atom is 0.372 e. The molecule has 1 amide bonds. The molecule has 0 aliphatic carbocycles. The molecule has 0 bridgehead atoms. The predicted octanol–water partition coefficient (Wildman–Crippen LogP) is 1.55. The Morgan fingerprint density at radius 1 is 1.44 bits per heavy atom. The summed E-state index contributed by atoms with van der Waals surface area (Å²) in [6.07, 6.45) is 1.64. The van der Waals surface area contributed by atoms with Crippen molar-refractivity contribution in [1.29, 1.82) is 0 Å². The van der Waals surface area contributed by atoms with Crippen molar-refractivity contribution in [2.45, 2.75) is 0 Å². The van der Waals surface area contributed by atoms with Crippen molar-refractivity contribution in [2.24, 2.45) is 10.2 Å². The summed E-state index contributed by atoms with van der Waals surface area (Å²) in [5.74, 6) is 0.611. The van der Waals surface area contributed by atoms with Crippen molar-refractivity contribution >= 4 is 11.8 Å². The molecule has 1 aliphatic heterocycles. The molecule has 4 heteroatoms. The van der Waals surface area contributed by atoms with E-state index in [-0.39, 0.29) is 6.03 Å². The number of fused-ring (bicyclic) bond motifs is 1. The van der Waals surface area contributed by atoms with Crippen LogP contribution in [-0.4, -0.2) is 10.6 Å². The average molecular weight is 121 g/mol. The van der Waals surface area contributed by atoms with Crippen LogP contribution in [0.15, 0.2) is 28.6 Å². The second-order valence-corrected chi connectivity index (χ2v) is 1.72. The maximum absolute atomic E-state index is 10.6. The summed E-state index contributed by atoms with van der Waals surface area (Å²) in [5, 5.41) is 6.89. The third-order valence-corrected chi connectivity index (χ3v) is 1.17. The van der Waals surface area contributed by atoms with E-state index in [9.17, 15) is 4.79 Å². The van der Waals surface area contributed by atoms with Crippen LogP contribution in [0.1, 0.15) is 0 Å². The molecular formula is C5H3N3O. The van der Waals surface area contributed by atoms with E-state index in [1.165, 1.54) is 4.57 Å². The number of aromatic nitrogens is 1. The molecule has 1 aliphatic rings. The monoisotopic (exact) mass is 121 g/mol. The number of amides is 1. The molecule has 4 nitrogen and oxygen atoms in total. The van der Waals surface area contributed by atoms with Crippen LogP contribution < -0.4 is 0 Å². The molecule has 0 unspecified atom stereocenters. The van der Waals surface area contributed by atoms with Gasteiger partial charge in [-0.15, -0.1) is 5.11 Å². The highest BCUT2D eigenvalue weighted by Crippen LogP contribution is 2.19. The highest BCUT2D eigenvalue weighted by molar-refractivity contribution is 5.82. The van der Waals surface area contributed by atoms with Crippen molar-refractivity contribution < 1.29 is 4.79 Å². The Morgan fingerprint density at radius 3 is 3.11 bits per heavy atom. The zero-order valence-electron chi connectivity index (χ0n) is 4.48. The average Bonchev–Trinajstić information content (AvgIpc) is 2.35. The fourth-order valence-corrected chi connectivity index (χ4v) is 0.757. The summed E-state index contributed by atoms with van der Waals surface area (Å²) in [7, 11) is 0. The summed E-state index contributed by atoms with van der Waals surface area (Å²) in [4.78, 5) is 10.6. The molecular weight excluding hydrogens is 118 g/mol. The molecule has 0 fully saturated rings. The standard InChI is InChI=1S/C5H3N3O/c9-5-7-6-4-2-1-3-8(4)5/h1-3H. The largest absolute Gasteiger partial charge is 0.372 e. The minimum atomic E-state index is -0.310. The van der Waals surface area contributed by atoms with Gasteiger partial charge in [0.25, 0.3) is 0 Å². The van der Waals surface area contributed by atoms with Gasteiger partial charge in [0.1, 0.15) is 0 Å². The number of carbonyl (C=O) groups excluding carboxylic acids is 1. The first kappa shape index (κ1) is 4.43. The second-order valence-electron chi connectivity index (χ2n) is 1.72. The minimum Gasteiger partial charge on any atom is -0.249 e. The molecule has 0 saturated heterocycles. The first-order chi connectivity index (χ1) is 4.38. The van der Waals surface area contributed by atoms with Gasteiger partial charge in [-0.3, -0.25) is 0 Å². The van der Waals surface area contributed by atoms with Gasteiger partial charge in [-0.2, -0.15) is 0 Å². The third kappa shape index (κ3) is 0.440. The van der Waals surface area contributed by atoms with Crippen LogP contribution in [0.3, 0.4) is 0 Å². The van der Waals surface area contributed by atoms with Crippen LogP contribution in [-0.2, 0) is 0 Å². The van der Waals surface area contributed by atoms with Gasteiger partial charge in [0.05, 0.1) is 0 Å². The molecule has 2 heterocycles. The summed E-state index contributed by atoms with van der Waals surface area (Å²) in [5.41, 5.74) is 0. The Labute approximate surface area is 50.8 Å². The molecule has 9 heavy (non-hydrogen) atoms. The van der Waals surface area contributed by atoms with Crippen molar-refractivity contribution in [3.8, 4) is 0 Å². The van der Waals surface area contributed by atoms with Crippen LogP contribution >= 0.6 is 0 Å². The van der Waals surface area contributed by atoms with Gasteiger partial charge in [0.2, 0.25) is 0 Å². The second kappa shape index (κ2) is 1.28. The van der Waals surface area contributed by atoms with Crippen molar-refractivity contribution in [3.63, 3.8) is 0 Å². The lowest BCUT2D eigenvalue weighted by atomic mass is 10.6. The van der Waals surface area contributed by atoms with E-state index in [2.05, 4.69) is 10.2 Å². The molecule has 0 aromatic carbocycles. The minimum absolute atomic E-state index is 0.310. The van der Waals surface area contributed by atoms with Crippen molar-refractivity contribution in [3.05, 3.63) is 18.3 Å². The fourth-order valence-electron chi connectivity index (χ4n) is 0.757. The van der Waals surface area contributed by atoms with Crippen LogP contribution in [0.2, 0.25) is 0 Å². The summed E-state index contributed by atoms with van der Waals surface area (Å²) in [6, 6.07) is 3.18. The number of hydrogen-bond donors (Lipinski definition) is 0. The SMILES string of the molecule is O=C1N=Nc2cccn21. The zero-order valence-corrected chi connectivity index (χ0v) is 4.48. The molecule has 0 saturated carbocycles. The molecule has 0 N–H and O–H groups in total. The van der Waals surface area contributed by atoms with E-state index in [0.29, 0.717) is 5.82 Å². The molecule has 44 valence electrons. The first-order valence-corrected chi connectivity index (χ1v) is 2.51. The fraction of sp³-hybridized carbons (Fsp3) is 0. The summed E-state index contributed by atoms with van der Waals surface area (Å²) >= 11 is 0. The van der Waals surface area contributed by atoms with Gasteiger partial charge in [-0.1, -0.05) is 5.11 Å². The van der Waals surface area contributed by atoms with E-state index in [1.54, 1.807) is 18.3 Å². The van der Waals surface area contributed by atoms with Crippen LogP contribution in [0.5, 0.6) is 0 Å². The van der Waals surface area contributed by atoms with Gasteiger partial charge >= 0.3 is 6.03 Å². The lowest BCUT2D eigenvalue weighted by Crippen LogP contribution is -1.96. The van der Waals surface area contributed by atoms with Crippen molar-refractivity contribution in [2.75, 3.05) is 0 Å². The Bertz CT molecular complexity index is 286. The Hall–Kier alpha value is -1.45. The summed E-state index contributed by atoms with van der Waals surface area (Å²) < 4.78 is 1.39. The van der Waals surface area contributed by atoms with Crippen molar-refractivity contribution in [1.82, 2.24) is 4.57 Å². The molecule has 1 aromatic rings. The molecule has 1 aromatic heterocycles. The number of rotatable bonds is 0. The molecule has 0 radical (unpaired) electrons. The smallest absolute Gasteiger partial charge is 0.249 e. The van der Waals surface area contributed by atoms with Crippen LogP contribution in [0.4, 0.5) is 10.6 Å². The number of hydrogen-bond acceptors (Lipinski definition) is 2. The van der Waals surface area contributed by atoms with Gasteiger partial charge in [-0.05, 0) is 12.1 Å². The number of nitrogens with zero attached hydrogens (tertiary/aromatic N) is 3. The topological polar surface area (TPSA) is 46.7 Å². The third-order valence-electron chi connectivity index (χ3n) is 1.17. The van der Waals surface area contributed by atoms with E-state index in [0.717, 1.165) is 0 Å². The van der Waals surface area contributed by atoms with E-state index < -0.39 is 0 Å². The van der Waals surface area contributed by atoms with Gasteiger partial charge in [-0.25, -0.2) is 9.36 Å². The zero-order chi connectivity index (χ0) is 6.27. The summed E-state index contributed by atoms with van der Waals surface area (Å²) in [6.45, 7) is 0. The van der Waals surface area contributed by atoms with E-state index in [1.807, 2.05) is 0 Å². The highest BCUT2D eigenvalue weighted by Gasteiger charge is 2.12. The predicted molar refractivity (Wildman–Crippen MR) is 29.7 cm³/mol. The molecule has 0 spiro atoms. The van der Waals surface area contributed by atoms with Gasteiger partial charge in [0.15, 0.2) is 5.82 Å². The van der Waals surface area contributed by atoms with Gasteiger partial charge in [0, 0.05) is 6.20 Å². The molecule has 2 rings (SSSR count). The number of azo groups is 1. The molecule has 0 atom stereocenters. The Morgan fingerprint density at radius 2 is 2.33 bits per heavy atom.